The van der Waals surface area contributed by atoms with Crippen LogP contribution in [0.2, 0.25) is 0 Å². The van der Waals surface area contributed by atoms with E-state index in [2.05, 4.69) is 5.32 Å². The number of likely N-dealkylation sites (tertiary alicyclic amines) is 2. The molecule has 1 N–H and O–H groups in total. The highest BCUT2D eigenvalue weighted by Gasteiger charge is 2.41. The standard InChI is InChI=1S/C21H28FN3O3/c1-21(2,3)25-13-15(12-18(25)26)20(28)24-10-8-14(9-11-24)19(27)23-17-6-4-16(22)5-7-17/h4-7,14-15H,8-13H2,1-3H3,(H,23,27). The van der Waals surface area contributed by atoms with Gasteiger partial charge in [-0.1, -0.05) is 0 Å². The first-order chi connectivity index (χ1) is 13.1. The lowest BCUT2D eigenvalue weighted by Crippen LogP contribution is -2.46. The van der Waals surface area contributed by atoms with E-state index in [0.29, 0.717) is 38.2 Å². The molecule has 0 radical (unpaired) electrons. The second-order valence-corrected chi connectivity index (χ2v) is 8.67. The minimum atomic E-state index is -0.347. The normalized spacial score (nSPS) is 21.1. The monoisotopic (exact) mass is 389 g/mol. The number of rotatable bonds is 3. The first-order valence-electron chi connectivity index (χ1n) is 9.81. The summed E-state index contributed by atoms with van der Waals surface area (Å²) in [6.45, 7) is 7.42. The van der Waals surface area contributed by atoms with Crippen LogP contribution in [0.3, 0.4) is 0 Å². The highest BCUT2D eigenvalue weighted by Crippen LogP contribution is 2.28. The lowest BCUT2D eigenvalue weighted by atomic mass is 9.94. The van der Waals surface area contributed by atoms with E-state index in [-0.39, 0.29) is 47.3 Å². The summed E-state index contributed by atoms with van der Waals surface area (Å²) in [5.41, 5.74) is 0.286. The van der Waals surface area contributed by atoms with Crippen LogP contribution in [0.5, 0.6) is 0 Å². The average molecular weight is 389 g/mol. The molecule has 7 heteroatoms. The van der Waals surface area contributed by atoms with Gasteiger partial charge in [-0.2, -0.15) is 0 Å². The summed E-state index contributed by atoms with van der Waals surface area (Å²) in [7, 11) is 0. The molecule has 1 aromatic carbocycles. The number of halogens is 1. The molecule has 2 aliphatic heterocycles. The van der Waals surface area contributed by atoms with Crippen molar-refractivity contribution in [2.75, 3.05) is 25.0 Å². The van der Waals surface area contributed by atoms with Gasteiger partial charge in [-0.15, -0.1) is 0 Å². The van der Waals surface area contributed by atoms with Crippen LogP contribution in [-0.2, 0) is 14.4 Å². The van der Waals surface area contributed by atoms with Crippen LogP contribution < -0.4 is 5.32 Å². The van der Waals surface area contributed by atoms with Crippen LogP contribution >= 0.6 is 0 Å². The smallest absolute Gasteiger partial charge is 0.227 e. The largest absolute Gasteiger partial charge is 0.342 e. The van der Waals surface area contributed by atoms with Crippen LogP contribution in [0.1, 0.15) is 40.0 Å². The molecule has 2 saturated heterocycles. The number of amides is 3. The van der Waals surface area contributed by atoms with E-state index < -0.39 is 0 Å². The zero-order valence-corrected chi connectivity index (χ0v) is 16.7. The van der Waals surface area contributed by atoms with Crippen molar-refractivity contribution < 1.29 is 18.8 Å². The molecule has 3 amide bonds. The number of hydrogen-bond acceptors (Lipinski definition) is 3. The number of nitrogens with zero attached hydrogens (tertiary/aromatic N) is 2. The maximum absolute atomic E-state index is 13.0. The summed E-state index contributed by atoms with van der Waals surface area (Å²) in [6.07, 6.45) is 1.44. The van der Waals surface area contributed by atoms with Crippen molar-refractivity contribution >= 4 is 23.4 Å². The zero-order valence-electron chi connectivity index (χ0n) is 16.7. The maximum atomic E-state index is 13.0. The molecule has 2 fully saturated rings. The summed E-state index contributed by atoms with van der Waals surface area (Å²) < 4.78 is 13.0. The van der Waals surface area contributed by atoms with Gasteiger partial charge in [-0.25, -0.2) is 4.39 Å². The summed E-state index contributed by atoms with van der Waals surface area (Å²) >= 11 is 0. The van der Waals surface area contributed by atoms with Crippen molar-refractivity contribution in [2.45, 2.75) is 45.6 Å². The molecule has 0 bridgehead atoms. The fourth-order valence-corrected chi connectivity index (χ4v) is 3.92. The van der Waals surface area contributed by atoms with Crippen LogP contribution in [0.25, 0.3) is 0 Å². The molecule has 2 heterocycles. The first kappa shape index (κ1) is 20.3. The van der Waals surface area contributed by atoms with Crippen LogP contribution in [0, 0.1) is 17.7 Å². The van der Waals surface area contributed by atoms with Gasteiger partial charge in [-0.05, 0) is 57.9 Å². The van der Waals surface area contributed by atoms with Crippen molar-refractivity contribution in [3.8, 4) is 0 Å². The summed E-state index contributed by atoms with van der Waals surface area (Å²) in [6, 6.07) is 5.68. The molecule has 1 unspecified atom stereocenters. The second-order valence-electron chi connectivity index (χ2n) is 8.67. The molecule has 6 nitrogen and oxygen atoms in total. The number of hydrogen-bond donors (Lipinski definition) is 1. The highest BCUT2D eigenvalue weighted by molar-refractivity contribution is 5.93. The SMILES string of the molecule is CC(C)(C)N1CC(C(=O)N2CCC(C(=O)Nc3ccc(F)cc3)CC2)CC1=O. The lowest BCUT2D eigenvalue weighted by Gasteiger charge is -2.34. The molecule has 152 valence electrons. The third-order valence-electron chi connectivity index (χ3n) is 5.57. The average Bonchev–Trinajstić information content (AvgIpc) is 3.05. The number of anilines is 1. The molecule has 0 spiro atoms. The van der Waals surface area contributed by atoms with Gasteiger partial charge in [0.15, 0.2) is 0 Å². The number of nitrogens with one attached hydrogen (secondary N) is 1. The van der Waals surface area contributed by atoms with Gasteiger partial charge in [0.05, 0.1) is 5.92 Å². The number of carbonyl (C=O) groups is 3. The van der Waals surface area contributed by atoms with E-state index in [9.17, 15) is 18.8 Å². The Balaban J connectivity index is 1.51. The molecule has 1 atom stereocenters. The van der Waals surface area contributed by atoms with E-state index in [0.717, 1.165) is 0 Å². The van der Waals surface area contributed by atoms with Crippen molar-refractivity contribution in [3.05, 3.63) is 30.1 Å². The molecular formula is C21H28FN3O3. The summed E-state index contributed by atoms with van der Waals surface area (Å²) in [5, 5.41) is 2.81. The molecule has 0 saturated carbocycles. The van der Waals surface area contributed by atoms with Crippen molar-refractivity contribution in [1.29, 1.82) is 0 Å². The van der Waals surface area contributed by atoms with E-state index in [1.807, 2.05) is 20.8 Å². The second kappa shape index (κ2) is 7.89. The van der Waals surface area contributed by atoms with E-state index in [4.69, 9.17) is 0 Å². The Morgan fingerprint density at radius 2 is 1.68 bits per heavy atom. The number of benzene rings is 1. The van der Waals surface area contributed by atoms with Gasteiger partial charge in [0.1, 0.15) is 5.82 Å². The molecule has 0 aromatic heterocycles. The Morgan fingerprint density at radius 3 is 2.21 bits per heavy atom. The van der Waals surface area contributed by atoms with Crippen molar-refractivity contribution in [3.63, 3.8) is 0 Å². The Labute approximate surface area is 165 Å². The van der Waals surface area contributed by atoms with Gasteiger partial charge in [0.25, 0.3) is 0 Å². The molecular weight excluding hydrogens is 361 g/mol. The molecule has 3 rings (SSSR count). The highest BCUT2D eigenvalue weighted by atomic mass is 19.1. The van der Waals surface area contributed by atoms with Gasteiger partial charge < -0.3 is 15.1 Å². The first-order valence-corrected chi connectivity index (χ1v) is 9.81. The summed E-state index contributed by atoms with van der Waals surface area (Å²) in [4.78, 5) is 41.0. The van der Waals surface area contributed by atoms with Gasteiger partial charge in [-0.3, -0.25) is 14.4 Å². The van der Waals surface area contributed by atoms with Crippen molar-refractivity contribution in [2.24, 2.45) is 11.8 Å². The zero-order chi connectivity index (χ0) is 20.5. The topological polar surface area (TPSA) is 69.7 Å². The predicted octanol–water partition coefficient (Wildman–Crippen LogP) is 2.65. The van der Waals surface area contributed by atoms with Crippen LogP contribution in [0.4, 0.5) is 10.1 Å². The Kier molecular flexibility index (Phi) is 5.72. The fraction of sp³-hybridized carbons (Fsp3) is 0.571. The van der Waals surface area contributed by atoms with E-state index in [1.54, 1.807) is 9.80 Å². The molecule has 1 aromatic rings. The third-order valence-corrected chi connectivity index (χ3v) is 5.57. The number of carbonyl (C=O) groups excluding carboxylic acids is 3. The Hall–Kier alpha value is -2.44. The minimum Gasteiger partial charge on any atom is -0.342 e. The van der Waals surface area contributed by atoms with Gasteiger partial charge >= 0.3 is 0 Å². The molecule has 2 aliphatic rings. The molecule has 28 heavy (non-hydrogen) atoms. The number of piperidine rings is 1. The maximum Gasteiger partial charge on any atom is 0.227 e. The fourth-order valence-electron chi connectivity index (χ4n) is 3.92. The lowest BCUT2D eigenvalue weighted by molar-refractivity contribution is -0.138. The van der Waals surface area contributed by atoms with E-state index in [1.165, 1.54) is 24.3 Å². The minimum absolute atomic E-state index is 0.0116. The van der Waals surface area contributed by atoms with Crippen LogP contribution in [-0.4, -0.2) is 52.7 Å². The van der Waals surface area contributed by atoms with Gasteiger partial charge in [0, 0.05) is 43.2 Å². The molecule has 0 aliphatic carbocycles. The van der Waals surface area contributed by atoms with Gasteiger partial charge in [0.2, 0.25) is 17.7 Å². The quantitative estimate of drug-likeness (QED) is 0.864. The third kappa shape index (κ3) is 4.51. The summed E-state index contributed by atoms with van der Waals surface area (Å²) in [5.74, 6) is -0.882. The van der Waals surface area contributed by atoms with E-state index >= 15 is 0 Å². The predicted molar refractivity (Wildman–Crippen MR) is 104 cm³/mol. The Morgan fingerprint density at radius 1 is 1.07 bits per heavy atom. The van der Waals surface area contributed by atoms with Crippen LogP contribution in [0.15, 0.2) is 24.3 Å². The Bertz CT molecular complexity index is 749. The van der Waals surface area contributed by atoms with Crippen molar-refractivity contribution in [1.82, 2.24) is 9.80 Å².